The van der Waals surface area contributed by atoms with Gasteiger partial charge in [-0.2, -0.15) is 0 Å². The van der Waals surface area contributed by atoms with Gasteiger partial charge in [-0.3, -0.25) is 0 Å². The van der Waals surface area contributed by atoms with E-state index in [1.165, 1.54) is 0 Å². The molecule has 1 aromatic carbocycles. The standard InChI is InChI=1S/C12H20N2O2/c13-11(7-15)5-9-2-1-3-10(4-9)6-12(14)8-16/h1-4,11-12,15-16H,5-8,13-14H2/t11-,12-/m0/s1. The topological polar surface area (TPSA) is 92.5 Å². The molecule has 90 valence electrons. The van der Waals surface area contributed by atoms with Gasteiger partial charge in [-0.05, 0) is 24.0 Å². The summed E-state index contributed by atoms with van der Waals surface area (Å²) in [6.07, 6.45) is 1.30. The van der Waals surface area contributed by atoms with Crippen molar-refractivity contribution in [2.24, 2.45) is 11.5 Å². The lowest BCUT2D eigenvalue weighted by Gasteiger charge is -2.11. The van der Waals surface area contributed by atoms with Crippen LogP contribution in [-0.4, -0.2) is 35.5 Å². The first-order chi connectivity index (χ1) is 7.65. The van der Waals surface area contributed by atoms with Crippen LogP contribution in [0.15, 0.2) is 24.3 Å². The van der Waals surface area contributed by atoms with E-state index in [-0.39, 0.29) is 25.3 Å². The molecule has 0 unspecified atom stereocenters. The third-order valence-electron chi connectivity index (χ3n) is 2.46. The van der Waals surface area contributed by atoms with Gasteiger partial charge in [-0.25, -0.2) is 0 Å². The van der Waals surface area contributed by atoms with Gasteiger partial charge in [0.1, 0.15) is 0 Å². The van der Waals surface area contributed by atoms with Crippen LogP contribution in [0.3, 0.4) is 0 Å². The Hall–Kier alpha value is -0.940. The Bertz CT molecular complexity index is 290. The van der Waals surface area contributed by atoms with Gasteiger partial charge in [0.05, 0.1) is 13.2 Å². The van der Waals surface area contributed by atoms with Crippen LogP contribution in [0.2, 0.25) is 0 Å². The molecule has 0 saturated heterocycles. The molecule has 1 aromatic rings. The van der Waals surface area contributed by atoms with Crippen molar-refractivity contribution in [1.82, 2.24) is 0 Å². The van der Waals surface area contributed by atoms with E-state index in [1.54, 1.807) is 0 Å². The molecule has 0 heterocycles. The van der Waals surface area contributed by atoms with Crippen molar-refractivity contribution in [3.05, 3.63) is 35.4 Å². The van der Waals surface area contributed by atoms with Gasteiger partial charge >= 0.3 is 0 Å². The molecule has 0 bridgehead atoms. The molecule has 4 nitrogen and oxygen atoms in total. The number of nitrogens with two attached hydrogens (primary N) is 2. The summed E-state index contributed by atoms with van der Waals surface area (Å²) >= 11 is 0. The lowest BCUT2D eigenvalue weighted by Crippen LogP contribution is -2.28. The van der Waals surface area contributed by atoms with Crippen molar-refractivity contribution in [1.29, 1.82) is 0 Å². The molecular weight excluding hydrogens is 204 g/mol. The molecule has 0 aliphatic carbocycles. The summed E-state index contributed by atoms with van der Waals surface area (Å²) in [5.41, 5.74) is 13.5. The van der Waals surface area contributed by atoms with Crippen LogP contribution >= 0.6 is 0 Å². The maximum Gasteiger partial charge on any atom is 0.0585 e. The number of rotatable bonds is 6. The molecule has 0 saturated carbocycles. The quantitative estimate of drug-likeness (QED) is 0.520. The molecule has 0 aromatic heterocycles. The first kappa shape index (κ1) is 13.1. The highest BCUT2D eigenvalue weighted by Crippen LogP contribution is 2.09. The fourth-order valence-corrected chi connectivity index (χ4v) is 1.62. The van der Waals surface area contributed by atoms with Crippen LogP contribution in [0.25, 0.3) is 0 Å². The zero-order chi connectivity index (χ0) is 12.0. The third kappa shape index (κ3) is 4.28. The summed E-state index contributed by atoms with van der Waals surface area (Å²) in [6.45, 7) is -0.0270. The van der Waals surface area contributed by atoms with Crippen molar-refractivity contribution in [3.8, 4) is 0 Å². The molecular formula is C12H20N2O2. The Morgan fingerprint density at radius 1 is 0.938 bits per heavy atom. The predicted octanol–water partition coefficient (Wildman–Crippen LogP) is -0.589. The molecule has 4 heteroatoms. The zero-order valence-corrected chi connectivity index (χ0v) is 9.34. The van der Waals surface area contributed by atoms with Crippen LogP contribution in [-0.2, 0) is 12.8 Å². The molecule has 1 rings (SSSR count). The Morgan fingerprint density at radius 2 is 1.38 bits per heavy atom. The summed E-state index contributed by atoms with van der Waals surface area (Å²) < 4.78 is 0. The van der Waals surface area contributed by atoms with Crippen molar-refractivity contribution in [3.63, 3.8) is 0 Å². The van der Waals surface area contributed by atoms with E-state index in [9.17, 15) is 0 Å². The van der Waals surface area contributed by atoms with E-state index in [0.717, 1.165) is 11.1 Å². The number of benzene rings is 1. The average Bonchev–Trinajstić information content (AvgIpc) is 2.29. The predicted molar refractivity (Wildman–Crippen MR) is 64.0 cm³/mol. The van der Waals surface area contributed by atoms with Crippen molar-refractivity contribution >= 4 is 0 Å². The lowest BCUT2D eigenvalue weighted by atomic mass is 10.0. The van der Waals surface area contributed by atoms with E-state index in [0.29, 0.717) is 12.8 Å². The van der Waals surface area contributed by atoms with E-state index < -0.39 is 0 Å². The SMILES string of the molecule is N[C@H](CO)Cc1cccc(C[C@H](N)CO)c1. The molecule has 0 spiro atoms. The third-order valence-corrected chi connectivity index (χ3v) is 2.46. The second kappa shape index (κ2) is 6.60. The minimum absolute atomic E-state index is 0.0135. The first-order valence-electron chi connectivity index (χ1n) is 5.46. The molecule has 0 radical (unpaired) electrons. The van der Waals surface area contributed by atoms with Gasteiger partial charge in [-0.1, -0.05) is 24.3 Å². The Kier molecular flexibility index (Phi) is 5.42. The second-order valence-corrected chi connectivity index (χ2v) is 4.11. The van der Waals surface area contributed by atoms with Crippen LogP contribution in [0, 0.1) is 0 Å². The molecule has 16 heavy (non-hydrogen) atoms. The van der Waals surface area contributed by atoms with Crippen LogP contribution in [0.5, 0.6) is 0 Å². The first-order valence-corrected chi connectivity index (χ1v) is 5.46. The highest BCUT2D eigenvalue weighted by molar-refractivity contribution is 5.25. The van der Waals surface area contributed by atoms with Crippen molar-refractivity contribution in [2.75, 3.05) is 13.2 Å². The average molecular weight is 224 g/mol. The molecule has 2 atom stereocenters. The largest absolute Gasteiger partial charge is 0.395 e. The number of aliphatic hydroxyl groups excluding tert-OH is 2. The lowest BCUT2D eigenvalue weighted by molar-refractivity contribution is 0.264. The minimum Gasteiger partial charge on any atom is -0.395 e. The van der Waals surface area contributed by atoms with Gasteiger partial charge in [-0.15, -0.1) is 0 Å². The fraction of sp³-hybridized carbons (Fsp3) is 0.500. The normalized spacial score (nSPS) is 14.8. The highest BCUT2D eigenvalue weighted by Gasteiger charge is 2.05. The molecule has 6 N–H and O–H groups in total. The zero-order valence-electron chi connectivity index (χ0n) is 9.34. The Morgan fingerprint density at radius 3 is 1.75 bits per heavy atom. The van der Waals surface area contributed by atoms with Crippen molar-refractivity contribution < 1.29 is 10.2 Å². The maximum atomic E-state index is 8.87. The van der Waals surface area contributed by atoms with E-state index in [2.05, 4.69) is 0 Å². The Balaban J connectivity index is 2.63. The summed E-state index contributed by atoms with van der Waals surface area (Å²) in [5, 5.41) is 17.7. The van der Waals surface area contributed by atoms with Gasteiger partial charge < -0.3 is 21.7 Å². The Labute approximate surface area is 95.9 Å². The molecule has 0 fully saturated rings. The summed E-state index contributed by atoms with van der Waals surface area (Å²) in [5.74, 6) is 0. The highest BCUT2D eigenvalue weighted by atomic mass is 16.3. The molecule has 0 aliphatic rings. The van der Waals surface area contributed by atoms with E-state index >= 15 is 0 Å². The summed E-state index contributed by atoms with van der Waals surface area (Å²) in [6, 6.07) is 7.47. The van der Waals surface area contributed by atoms with Gasteiger partial charge in [0.2, 0.25) is 0 Å². The molecule has 0 aliphatic heterocycles. The smallest absolute Gasteiger partial charge is 0.0585 e. The van der Waals surface area contributed by atoms with Gasteiger partial charge in [0.25, 0.3) is 0 Å². The summed E-state index contributed by atoms with van der Waals surface area (Å²) in [7, 11) is 0. The summed E-state index contributed by atoms with van der Waals surface area (Å²) in [4.78, 5) is 0. The van der Waals surface area contributed by atoms with Crippen LogP contribution < -0.4 is 11.5 Å². The van der Waals surface area contributed by atoms with Crippen LogP contribution in [0.1, 0.15) is 11.1 Å². The fourth-order valence-electron chi connectivity index (χ4n) is 1.62. The number of aliphatic hydroxyl groups is 2. The van der Waals surface area contributed by atoms with E-state index in [4.69, 9.17) is 21.7 Å². The van der Waals surface area contributed by atoms with Crippen molar-refractivity contribution in [2.45, 2.75) is 24.9 Å². The number of hydrogen-bond acceptors (Lipinski definition) is 4. The van der Waals surface area contributed by atoms with Crippen LogP contribution in [0.4, 0.5) is 0 Å². The monoisotopic (exact) mass is 224 g/mol. The minimum atomic E-state index is -0.221. The van der Waals surface area contributed by atoms with Gasteiger partial charge in [0.15, 0.2) is 0 Å². The maximum absolute atomic E-state index is 8.87. The van der Waals surface area contributed by atoms with E-state index in [1.807, 2.05) is 24.3 Å². The van der Waals surface area contributed by atoms with Gasteiger partial charge in [0, 0.05) is 12.1 Å². The number of hydrogen-bond donors (Lipinski definition) is 4. The molecule has 0 amide bonds. The second-order valence-electron chi connectivity index (χ2n) is 4.11.